The zero-order chi connectivity index (χ0) is 18.4. The predicted molar refractivity (Wildman–Crippen MR) is 102 cm³/mol. The van der Waals surface area contributed by atoms with Crippen molar-refractivity contribution < 1.29 is 4.39 Å². The molecule has 0 aliphatic rings. The molecule has 134 valence electrons. The first-order valence-electron chi connectivity index (χ1n) is 8.12. The normalized spacial score (nSPS) is 11.4. The highest BCUT2D eigenvalue weighted by Crippen LogP contribution is 2.13. The van der Waals surface area contributed by atoms with E-state index in [-0.39, 0.29) is 5.82 Å². The Morgan fingerprint density at radius 2 is 1.85 bits per heavy atom. The molecule has 0 fully saturated rings. The fraction of sp³-hybridized carbons (Fsp3) is 0.158. The minimum atomic E-state index is -0.248. The van der Waals surface area contributed by atoms with Gasteiger partial charge in [0.15, 0.2) is 5.96 Å². The van der Waals surface area contributed by atoms with E-state index in [1.54, 1.807) is 24.0 Å². The minimum absolute atomic E-state index is 0.248. The van der Waals surface area contributed by atoms with Crippen molar-refractivity contribution in [2.45, 2.75) is 13.1 Å². The summed E-state index contributed by atoms with van der Waals surface area (Å²) in [7, 11) is 1.69. The van der Waals surface area contributed by atoms with Gasteiger partial charge in [-0.05, 0) is 42.0 Å². The standard InChI is InChI=1S/C19H19ClFN5/c1-22-19(23-10-14-3-2-4-17(21)9-14)24-11-15-12-25-26(13-15)18-7-5-16(20)6-8-18/h2-9,12-13H,10-11H2,1H3,(H2,22,23,24). The average Bonchev–Trinajstić information content (AvgIpc) is 3.11. The van der Waals surface area contributed by atoms with Gasteiger partial charge < -0.3 is 10.6 Å². The number of nitrogens with one attached hydrogen (secondary N) is 2. The summed E-state index contributed by atoms with van der Waals surface area (Å²) in [6, 6.07) is 13.9. The SMILES string of the molecule is CN=C(NCc1cccc(F)c1)NCc1cnn(-c2ccc(Cl)cc2)c1. The summed E-state index contributed by atoms with van der Waals surface area (Å²) in [6.07, 6.45) is 3.73. The smallest absolute Gasteiger partial charge is 0.191 e. The van der Waals surface area contributed by atoms with Gasteiger partial charge in [-0.25, -0.2) is 9.07 Å². The van der Waals surface area contributed by atoms with E-state index >= 15 is 0 Å². The van der Waals surface area contributed by atoms with Crippen LogP contribution < -0.4 is 10.6 Å². The maximum absolute atomic E-state index is 13.2. The fourth-order valence-electron chi connectivity index (χ4n) is 2.43. The average molecular weight is 372 g/mol. The van der Waals surface area contributed by atoms with Crippen LogP contribution in [-0.4, -0.2) is 22.8 Å². The summed E-state index contributed by atoms with van der Waals surface area (Å²) in [5, 5.41) is 11.4. The first kappa shape index (κ1) is 17.9. The van der Waals surface area contributed by atoms with Crippen LogP contribution >= 0.6 is 11.6 Å². The Morgan fingerprint density at radius 1 is 1.12 bits per heavy atom. The molecule has 2 N–H and O–H groups in total. The lowest BCUT2D eigenvalue weighted by atomic mass is 10.2. The van der Waals surface area contributed by atoms with Crippen LogP contribution in [0.2, 0.25) is 5.02 Å². The van der Waals surface area contributed by atoms with Crippen molar-refractivity contribution in [2.75, 3.05) is 7.05 Å². The van der Waals surface area contributed by atoms with E-state index in [1.807, 2.05) is 36.5 Å². The first-order valence-corrected chi connectivity index (χ1v) is 8.50. The highest BCUT2D eigenvalue weighted by Gasteiger charge is 2.04. The monoisotopic (exact) mass is 371 g/mol. The number of aromatic nitrogens is 2. The van der Waals surface area contributed by atoms with E-state index in [2.05, 4.69) is 20.7 Å². The molecule has 1 heterocycles. The molecule has 0 saturated heterocycles. The van der Waals surface area contributed by atoms with Gasteiger partial charge >= 0.3 is 0 Å². The van der Waals surface area contributed by atoms with E-state index in [9.17, 15) is 4.39 Å². The number of guanidine groups is 1. The molecular formula is C19H19ClFN5. The third-order valence-corrected chi connectivity index (χ3v) is 4.01. The Morgan fingerprint density at radius 3 is 2.54 bits per heavy atom. The van der Waals surface area contributed by atoms with Gasteiger partial charge in [0.25, 0.3) is 0 Å². The van der Waals surface area contributed by atoms with Crippen molar-refractivity contribution in [2.24, 2.45) is 4.99 Å². The number of nitrogens with zero attached hydrogens (tertiary/aromatic N) is 3. The van der Waals surface area contributed by atoms with Crippen molar-refractivity contribution in [3.05, 3.63) is 82.9 Å². The van der Waals surface area contributed by atoms with Crippen LogP contribution in [0.4, 0.5) is 4.39 Å². The second kappa shape index (κ2) is 8.49. The van der Waals surface area contributed by atoms with Gasteiger partial charge in [-0.15, -0.1) is 0 Å². The summed E-state index contributed by atoms with van der Waals surface area (Å²) in [6.45, 7) is 1.05. The molecule has 0 aliphatic carbocycles. The summed E-state index contributed by atoms with van der Waals surface area (Å²) in [4.78, 5) is 4.17. The molecule has 0 saturated carbocycles. The Bertz CT molecular complexity index is 889. The van der Waals surface area contributed by atoms with Crippen LogP contribution in [0.5, 0.6) is 0 Å². The quantitative estimate of drug-likeness (QED) is 0.533. The lowest BCUT2D eigenvalue weighted by molar-refractivity contribution is 0.624. The van der Waals surface area contributed by atoms with Crippen LogP contribution in [-0.2, 0) is 13.1 Å². The van der Waals surface area contributed by atoms with E-state index in [1.165, 1.54) is 12.1 Å². The maximum Gasteiger partial charge on any atom is 0.191 e. The van der Waals surface area contributed by atoms with E-state index in [0.29, 0.717) is 24.1 Å². The fourth-order valence-corrected chi connectivity index (χ4v) is 2.55. The van der Waals surface area contributed by atoms with E-state index < -0.39 is 0 Å². The van der Waals surface area contributed by atoms with Crippen molar-refractivity contribution in [1.29, 1.82) is 0 Å². The van der Waals surface area contributed by atoms with Gasteiger partial charge in [0, 0.05) is 36.9 Å². The predicted octanol–water partition coefficient (Wildman–Crippen LogP) is 3.53. The molecular weight excluding hydrogens is 353 g/mol. The molecule has 26 heavy (non-hydrogen) atoms. The topological polar surface area (TPSA) is 54.2 Å². The highest BCUT2D eigenvalue weighted by molar-refractivity contribution is 6.30. The molecule has 0 spiro atoms. The second-order valence-electron chi connectivity index (χ2n) is 5.68. The summed E-state index contributed by atoms with van der Waals surface area (Å²) < 4.78 is 15.0. The molecule has 0 amide bonds. The first-order chi connectivity index (χ1) is 12.6. The zero-order valence-electron chi connectivity index (χ0n) is 14.3. The van der Waals surface area contributed by atoms with Crippen molar-refractivity contribution >= 4 is 17.6 Å². The minimum Gasteiger partial charge on any atom is -0.352 e. The Hall–Kier alpha value is -2.86. The molecule has 5 nitrogen and oxygen atoms in total. The lowest BCUT2D eigenvalue weighted by Crippen LogP contribution is -2.36. The van der Waals surface area contributed by atoms with E-state index in [4.69, 9.17) is 11.6 Å². The zero-order valence-corrected chi connectivity index (χ0v) is 15.0. The molecule has 0 atom stereocenters. The van der Waals surface area contributed by atoms with Gasteiger partial charge in [0.1, 0.15) is 5.82 Å². The van der Waals surface area contributed by atoms with Gasteiger partial charge in [-0.3, -0.25) is 4.99 Å². The Labute approximate surface area is 156 Å². The van der Waals surface area contributed by atoms with Crippen LogP contribution in [0.15, 0.2) is 65.9 Å². The summed E-state index contributed by atoms with van der Waals surface area (Å²) >= 11 is 5.91. The highest BCUT2D eigenvalue weighted by atomic mass is 35.5. The maximum atomic E-state index is 13.2. The van der Waals surface area contributed by atoms with Crippen molar-refractivity contribution in [3.63, 3.8) is 0 Å². The molecule has 3 rings (SSSR count). The van der Waals surface area contributed by atoms with Gasteiger partial charge in [-0.1, -0.05) is 23.7 Å². The molecule has 1 aromatic heterocycles. The van der Waals surface area contributed by atoms with E-state index in [0.717, 1.165) is 16.8 Å². The van der Waals surface area contributed by atoms with Crippen LogP contribution in [0, 0.1) is 5.82 Å². The van der Waals surface area contributed by atoms with Crippen LogP contribution in [0.1, 0.15) is 11.1 Å². The van der Waals surface area contributed by atoms with Gasteiger partial charge in [0.05, 0.1) is 11.9 Å². The second-order valence-corrected chi connectivity index (χ2v) is 6.12. The number of aliphatic imine (C=N–C) groups is 1. The summed E-state index contributed by atoms with van der Waals surface area (Å²) in [5.74, 6) is 0.385. The Balaban J connectivity index is 1.55. The molecule has 2 aromatic carbocycles. The molecule has 0 unspecified atom stereocenters. The van der Waals surface area contributed by atoms with Gasteiger partial charge in [-0.2, -0.15) is 5.10 Å². The third-order valence-electron chi connectivity index (χ3n) is 3.76. The molecule has 0 radical (unpaired) electrons. The summed E-state index contributed by atoms with van der Waals surface area (Å²) in [5.41, 5.74) is 2.80. The Kier molecular flexibility index (Phi) is 5.86. The van der Waals surface area contributed by atoms with Crippen LogP contribution in [0.3, 0.4) is 0 Å². The van der Waals surface area contributed by atoms with Gasteiger partial charge in [0.2, 0.25) is 0 Å². The number of hydrogen-bond acceptors (Lipinski definition) is 2. The van der Waals surface area contributed by atoms with Crippen LogP contribution in [0.25, 0.3) is 5.69 Å². The van der Waals surface area contributed by atoms with Crippen molar-refractivity contribution in [3.8, 4) is 5.69 Å². The number of hydrogen-bond donors (Lipinski definition) is 2. The number of halogens is 2. The number of benzene rings is 2. The molecule has 0 bridgehead atoms. The van der Waals surface area contributed by atoms with Crippen molar-refractivity contribution in [1.82, 2.24) is 20.4 Å². The number of rotatable bonds is 5. The molecule has 3 aromatic rings. The largest absolute Gasteiger partial charge is 0.352 e. The molecule has 0 aliphatic heterocycles. The lowest BCUT2D eigenvalue weighted by Gasteiger charge is -2.11. The molecule has 7 heteroatoms. The third kappa shape index (κ3) is 4.83.